The zero-order chi connectivity index (χ0) is 19.5. The summed E-state index contributed by atoms with van der Waals surface area (Å²) in [6, 6.07) is 12.2. The number of fused-ring (bicyclic) bond motifs is 1. The maximum Gasteiger partial charge on any atom is 0.252 e. The number of primary amides is 1. The number of anilines is 1. The number of likely N-dealkylation sites (tertiary alicyclic amines) is 1. The number of hydrogen-bond acceptors (Lipinski definition) is 5. The molecule has 3 aromatic rings. The van der Waals surface area contributed by atoms with Crippen LogP contribution in [0.15, 0.2) is 42.7 Å². The average Bonchev–Trinajstić information content (AvgIpc) is 3.19. The largest absolute Gasteiger partial charge is 0.381 e. The molecule has 4 N–H and O–H groups in total. The number of aromatic nitrogens is 2. The molecule has 0 atom stereocenters. The van der Waals surface area contributed by atoms with Crippen molar-refractivity contribution in [2.75, 3.05) is 18.4 Å². The second-order valence-electron chi connectivity index (χ2n) is 7.11. The molecule has 0 unspecified atom stereocenters. The SMILES string of the molecule is N#Cc1ccccc1CN1CCC(Nc2c(C(N)=O)cnc3[nH]ccc23)CC1. The first kappa shape index (κ1) is 18.0. The lowest BCUT2D eigenvalue weighted by molar-refractivity contribution is 0.100. The van der Waals surface area contributed by atoms with E-state index >= 15 is 0 Å². The van der Waals surface area contributed by atoms with Crippen molar-refractivity contribution in [1.29, 1.82) is 5.26 Å². The zero-order valence-electron chi connectivity index (χ0n) is 15.5. The van der Waals surface area contributed by atoms with Gasteiger partial charge in [0.05, 0.1) is 22.9 Å². The summed E-state index contributed by atoms with van der Waals surface area (Å²) in [5.41, 5.74) is 9.26. The highest BCUT2D eigenvalue weighted by atomic mass is 16.1. The van der Waals surface area contributed by atoms with E-state index in [9.17, 15) is 10.1 Å². The van der Waals surface area contributed by atoms with Gasteiger partial charge in [-0.1, -0.05) is 18.2 Å². The molecule has 1 saturated heterocycles. The third kappa shape index (κ3) is 3.55. The molecule has 0 spiro atoms. The number of carbonyl (C=O) groups excluding carboxylic acids is 1. The first-order valence-corrected chi connectivity index (χ1v) is 9.38. The molecule has 1 aliphatic rings. The Kier molecular flexibility index (Phi) is 4.96. The summed E-state index contributed by atoms with van der Waals surface area (Å²) in [6.07, 6.45) is 5.22. The molecule has 1 fully saturated rings. The number of piperidine rings is 1. The molecule has 3 heterocycles. The number of rotatable bonds is 5. The molecular weight excluding hydrogens is 352 g/mol. The van der Waals surface area contributed by atoms with E-state index in [0.29, 0.717) is 5.56 Å². The maximum absolute atomic E-state index is 11.8. The fraction of sp³-hybridized carbons (Fsp3) is 0.286. The van der Waals surface area contributed by atoms with Gasteiger partial charge in [-0.05, 0) is 30.5 Å². The zero-order valence-corrected chi connectivity index (χ0v) is 15.5. The van der Waals surface area contributed by atoms with Gasteiger partial charge in [-0.25, -0.2) is 4.98 Å². The van der Waals surface area contributed by atoms with Crippen LogP contribution in [0.25, 0.3) is 11.0 Å². The van der Waals surface area contributed by atoms with Gasteiger partial charge in [0, 0.05) is 43.5 Å². The van der Waals surface area contributed by atoms with Crippen LogP contribution >= 0.6 is 0 Å². The molecule has 1 amide bonds. The quantitative estimate of drug-likeness (QED) is 0.636. The summed E-state index contributed by atoms with van der Waals surface area (Å²) in [5, 5.41) is 13.7. The number of aromatic amines is 1. The van der Waals surface area contributed by atoms with Gasteiger partial charge < -0.3 is 16.0 Å². The second-order valence-corrected chi connectivity index (χ2v) is 7.11. The number of amides is 1. The van der Waals surface area contributed by atoms with Crippen LogP contribution in [-0.2, 0) is 6.54 Å². The van der Waals surface area contributed by atoms with Crippen LogP contribution in [0.2, 0.25) is 0 Å². The Hall–Kier alpha value is -3.37. The van der Waals surface area contributed by atoms with Crippen LogP contribution in [0.1, 0.15) is 34.3 Å². The van der Waals surface area contributed by atoms with Crippen molar-refractivity contribution in [3.05, 3.63) is 59.4 Å². The minimum absolute atomic E-state index is 0.251. The smallest absolute Gasteiger partial charge is 0.252 e. The third-order valence-corrected chi connectivity index (χ3v) is 5.32. The summed E-state index contributed by atoms with van der Waals surface area (Å²) in [4.78, 5) is 21.5. The van der Waals surface area contributed by atoms with Crippen LogP contribution in [0.3, 0.4) is 0 Å². The molecule has 0 saturated carbocycles. The summed E-state index contributed by atoms with van der Waals surface area (Å²) in [7, 11) is 0. The Labute approximate surface area is 163 Å². The normalized spacial score (nSPS) is 15.4. The van der Waals surface area contributed by atoms with Crippen molar-refractivity contribution in [3.63, 3.8) is 0 Å². The highest BCUT2D eigenvalue weighted by Crippen LogP contribution is 2.28. The number of benzene rings is 1. The van der Waals surface area contributed by atoms with Crippen molar-refractivity contribution in [2.24, 2.45) is 5.73 Å². The van der Waals surface area contributed by atoms with Crippen molar-refractivity contribution in [3.8, 4) is 6.07 Å². The van der Waals surface area contributed by atoms with Crippen LogP contribution < -0.4 is 11.1 Å². The van der Waals surface area contributed by atoms with E-state index in [2.05, 4.69) is 26.3 Å². The van der Waals surface area contributed by atoms with Crippen LogP contribution in [0, 0.1) is 11.3 Å². The van der Waals surface area contributed by atoms with E-state index in [-0.39, 0.29) is 6.04 Å². The van der Waals surface area contributed by atoms with Gasteiger partial charge in [-0.15, -0.1) is 0 Å². The van der Waals surface area contributed by atoms with Crippen molar-refractivity contribution in [1.82, 2.24) is 14.9 Å². The van der Waals surface area contributed by atoms with Gasteiger partial charge >= 0.3 is 0 Å². The predicted molar refractivity (Wildman–Crippen MR) is 108 cm³/mol. The molecule has 28 heavy (non-hydrogen) atoms. The number of nitrogens with one attached hydrogen (secondary N) is 2. The third-order valence-electron chi connectivity index (χ3n) is 5.32. The fourth-order valence-electron chi connectivity index (χ4n) is 3.80. The number of nitriles is 1. The summed E-state index contributed by atoms with van der Waals surface area (Å²) in [5.74, 6) is -0.483. The Balaban J connectivity index is 1.45. The predicted octanol–water partition coefficient (Wildman–Crippen LogP) is 2.61. The Morgan fingerprint density at radius 3 is 2.86 bits per heavy atom. The standard InChI is InChI=1S/C21H22N6O/c22-11-14-3-1-2-4-15(14)13-27-9-6-16(7-10-27)26-19-17-5-8-24-21(17)25-12-18(19)20(23)28/h1-5,8,12,16H,6-7,9-10,13H2,(H2,23,28)(H2,24,25,26). The number of H-pyrrole nitrogens is 1. The van der Waals surface area contributed by atoms with E-state index in [1.54, 1.807) is 0 Å². The molecule has 1 aliphatic heterocycles. The number of nitrogens with two attached hydrogens (primary N) is 1. The topological polar surface area (TPSA) is 111 Å². The van der Waals surface area contributed by atoms with Gasteiger partial charge in [-0.3, -0.25) is 9.69 Å². The monoisotopic (exact) mass is 374 g/mol. The fourth-order valence-corrected chi connectivity index (χ4v) is 3.80. The van der Waals surface area contributed by atoms with E-state index in [1.165, 1.54) is 6.20 Å². The van der Waals surface area contributed by atoms with Crippen molar-refractivity contribution in [2.45, 2.75) is 25.4 Å². The maximum atomic E-state index is 11.8. The molecule has 2 aromatic heterocycles. The van der Waals surface area contributed by atoms with Crippen LogP contribution in [0.4, 0.5) is 5.69 Å². The molecule has 1 aromatic carbocycles. The number of pyridine rings is 1. The number of nitrogens with zero attached hydrogens (tertiary/aromatic N) is 3. The molecule has 0 aliphatic carbocycles. The van der Waals surface area contributed by atoms with Crippen LogP contribution in [-0.4, -0.2) is 39.9 Å². The summed E-state index contributed by atoms with van der Waals surface area (Å²) in [6.45, 7) is 2.62. The van der Waals surface area contributed by atoms with Gasteiger partial charge in [-0.2, -0.15) is 5.26 Å². The minimum Gasteiger partial charge on any atom is -0.381 e. The molecular formula is C21H22N6O. The van der Waals surface area contributed by atoms with E-state index < -0.39 is 5.91 Å². The Morgan fingerprint density at radius 1 is 1.32 bits per heavy atom. The van der Waals surface area contributed by atoms with E-state index in [4.69, 9.17) is 5.73 Å². The highest BCUT2D eigenvalue weighted by Gasteiger charge is 2.22. The molecule has 0 radical (unpaired) electrons. The van der Waals surface area contributed by atoms with Gasteiger partial charge in [0.1, 0.15) is 5.65 Å². The van der Waals surface area contributed by atoms with Crippen molar-refractivity contribution >= 4 is 22.6 Å². The highest BCUT2D eigenvalue weighted by molar-refractivity contribution is 6.05. The lowest BCUT2D eigenvalue weighted by Crippen LogP contribution is -2.39. The first-order chi connectivity index (χ1) is 13.7. The average molecular weight is 374 g/mol. The molecule has 0 bridgehead atoms. The van der Waals surface area contributed by atoms with Gasteiger partial charge in [0.2, 0.25) is 0 Å². The summed E-state index contributed by atoms with van der Waals surface area (Å²) < 4.78 is 0. The molecule has 142 valence electrons. The Morgan fingerprint density at radius 2 is 2.11 bits per heavy atom. The number of hydrogen-bond donors (Lipinski definition) is 3. The van der Waals surface area contributed by atoms with E-state index in [0.717, 1.165) is 60.3 Å². The minimum atomic E-state index is -0.483. The summed E-state index contributed by atoms with van der Waals surface area (Å²) >= 11 is 0. The molecule has 4 rings (SSSR count). The Bertz CT molecular complexity index is 1040. The lowest BCUT2D eigenvalue weighted by Gasteiger charge is -2.33. The van der Waals surface area contributed by atoms with E-state index in [1.807, 2.05) is 36.5 Å². The van der Waals surface area contributed by atoms with Crippen LogP contribution in [0.5, 0.6) is 0 Å². The molecule has 7 nitrogen and oxygen atoms in total. The first-order valence-electron chi connectivity index (χ1n) is 9.38. The van der Waals surface area contributed by atoms with Gasteiger partial charge in [0.25, 0.3) is 5.91 Å². The number of carbonyl (C=O) groups is 1. The van der Waals surface area contributed by atoms with Gasteiger partial charge in [0.15, 0.2) is 0 Å². The lowest BCUT2D eigenvalue weighted by atomic mass is 10.0. The second kappa shape index (κ2) is 7.71. The molecule has 7 heteroatoms. The van der Waals surface area contributed by atoms with Crippen molar-refractivity contribution < 1.29 is 4.79 Å².